The van der Waals surface area contributed by atoms with E-state index in [-0.39, 0.29) is 5.97 Å². The van der Waals surface area contributed by atoms with Crippen molar-refractivity contribution in [1.82, 2.24) is 0 Å². The quantitative estimate of drug-likeness (QED) is 0.432. The normalized spacial score (nSPS) is 10.4. The van der Waals surface area contributed by atoms with E-state index in [9.17, 15) is 4.79 Å². The maximum Gasteiger partial charge on any atom is 0.330 e. The summed E-state index contributed by atoms with van der Waals surface area (Å²) in [7, 11) is 1.37. The summed E-state index contributed by atoms with van der Waals surface area (Å²) in [6, 6.07) is 10.0. The number of methoxy groups -OCH3 is 1. The van der Waals surface area contributed by atoms with E-state index in [0.29, 0.717) is 0 Å². The summed E-state index contributed by atoms with van der Waals surface area (Å²) in [5.41, 5.74) is 0. The van der Waals surface area contributed by atoms with Crippen LogP contribution in [0, 0.1) is 0 Å². The van der Waals surface area contributed by atoms with Crippen molar-refractivity contribution >= 4 is 17.7 Å². The third-order valence-electron chi connectivity index (χ3n) is 1.54. The number of hydrogen-bond acceptors (Lipinski definition) is 3. The minimum Gasteiger partial charge on any atom is -0.466 e. The predicted octanol–water partition coefficient (Wildman–Crippen LogP) is 2.51. The summed E-state index contributed by atoms with van der Waals surface area (Å²) < 4.78 is 4.47. The van der Waals surface area contributed by atoms with Crippen molar-refractivity contribution in [2.75, 3.05) is 12.9 Å². The van der Waals surface area contributed by atoms with Gasteiger partial charge in [-0.05, 0) is 12.1 Å². The second-order valence-electron chi connectivity index (χ2n) is 2.55. The van der Waals surface area contributed by atoms with Gasteiger partial charge in [0.25, 0.3) is 0 Å². The molecule has 74 valence electrons. The van der Waals surface area contributed by atoms with Gasteiger partial charge in [0.1, 0.15) is 0 Å². The molecule has 3 heteroatoms. The Labute approximate surface area is 88.0 Å². The number of carbonyl (C=O) groups excluding carboxylic acids is 1. The van der Waals surface area contributed by atoms with Gasteiger partial charge in [-0.3, -0.25) is 0 Å². The van der Waals surface area contributed by atoms with Crippen molar-refractivity contribution in [2.45, 2.75) is 4.90 Å². The van der Waals surface area contributed by atoms with Crippen LogP contribution in [0.1, 0.15) is 0 Å². The van der Waals surface area contributed by atoms with Crippen LogP contribution in [0.25, 0.3) is 0 Å². The van der Waals surface area contributed by atoms with Crippen LogP contribution in [-0.2, 0) is 9.53 Å². The summed E-state index contributed by atoms with van der Waals surface area (Å²) >= 11 is 1.68. The van der Waals surface area contributed by atoms with Gasteiger partial charge in [-0.15, -0.1) is 11.8 Å². The van der Waals surface area contributed by atoms with Crippen LogP contribution in [0.4, 0.5) is 0 Å². The van der Waals surface area contributed by atoms with Crippen molar-refractivity contribution in [3.8, 4) is 0 Å². The molecule has 0 saturated heterocycles. The molecule has 0 aliphatic heterocycles. The maximum absolute atomic E-state index is 10.7. The Hall–Kier alpha value is -1.22. The molecule has 0 fully saturated rings. The van der Waals surface area contributed by atoms with Crippen LogP contribution in [0.15, 0.2) is 47.4 Å². The van der Waals surface area contributed by atoms with Crippen molar-refractivity contribution in [3.63, 3.8) is 0 Å². The molecule has 0 N–H and O–H groups in total. The zero-order valence-corrected chi connectivity index (χ0v) is 8.79. The number of ether oxygens (including phenoxy) is 1. The van der Waals surface area contributed by atoms with E-state index in [4.69, 9.17) is 0 Å². The summed E-state index contributed by atoms with van der Waals surface area (Å²) in [6.45, 7) is 0. The highest BCUT2D eigenvalue weighted by atomic mass is 32.2. The van der Waals surface area contributed by atoms with Crippen molar-refractivity contribution < 1.29 is 9.53 Å². The highest BCUT2D eigenvalue weighted by Gasteiger charge is 1.91. The molecule has 0 heterocycles. The van der Waals surface area contributed by atoms with E-state index < -0.39 is 0 Å². The highest BCUT2D eigenvalue weighted by Crippen LogP contribution is 2.16. The summed E-state index contributed by atoms with van der Waals surface area (Å²) in [4.78, 5) is 11.9. The Morgan fingerprint density at radius 1 is 1.43 bits per heavy atom. The smallest absolute Gasteiger partial charge is 0.330 e. The van der Waals surface area contributed by atoms with Crippen LogP contribution >= 0.6 is 11.8 Å². The van der Waals surface area contributed by atoms with Gasteiger partial charge in [-0.2, -0.15) is 0 Å². The SMILES string of the molecule is COC(=O)/C=C/CSc1ccccc1. The first-order valence-electron chi connectivity index (χ1n) is 4.25. The van der Waals surface area contributed by atoms with Gasteiger partial charge in [0, 0.05) is 16.7 Å². The second-order valence-corrected chi connectivity index (χ2v) is 3.64. The lowest BCUT2D eigenvalue weighted by molar-refractivity contribution is -0.134. The lowest BCUT2D eigenvalue weighted by atomic mass is 10.4. The topological polar surface area (TPSA) is 26.3 Å². The molecule has 1 rings (SSSR count). The second kappa shape index (κ2) is 6.27. The molecule has 0 atom stereocenters. The first-order valence-corrected chi connectivity index (χ1v) is 5.24. The molecule has 0 aliphatic carbocycles. The largest absolute Gasteiger partial charge is 0.466 e. The standard InChI is InChI=1S/C11H12O2S/c1-13-11(12)8-5-9-14-10-6-3-2-4-7-10/h2-8H,9H2,1H3/b8-5+. The lowest BCUT2D eigenvalue weighted by Gasteiger charge is -1.95. The maximum atomic E-state index is 10.7. The number of esters is 1. The minimum atomic E-state index is -0.307. The first-order chi connectivity index (χ1) is 6.83. The van der Waals surface area contributed by atoms with Crippen LogP contribution in [-0.4, -0.2) is 18.8 Å². The van der Waals surface area contributed by atoms with Gasteiger partial charge in [0.05, 0.1) is 7.11 Å². The molecule has 1 aromatic rings. The highest BCUT2D eigenvalue weighted by molar-refractivity contribution is 7.99. The molecule has 2 nitrogen and oxygen atoms in total. The molecule has 0 aliphatic rings. The molecule has 0 radical (unpaired) electrons. The third kappa shape index (κ3) is 4.14. The zero-order valence-electron chi connectivity index (χ0n) is 7.97. The van der Waals surface area contributed by atoms with Gasteiger partial charge in [0.2, 0.25) is 0 Å². The van der Waals surface area contributed by atoms with Gasteiger partial charge in [0.15, 0.2) is 0 Å². The fourth-order valence-corrected chi connectivity index (χ4v) is 1.61. The Morgan fingerprint density at radius 3 is 2.79 bits per heavy atom. The van der Waals surface area contributed by atoms with E-state index in [1.165, 1.54) is 18.1 Å². The van der Waals surface area contributed by atoms with E-state index in [1.54, 1.807) is 17.8 Å². The van der Waals surface area contributed by atoms with Crippen LogP contribution in [0.2, 0.25) is 0 Å². The Kier molecular flexibility index (Phi) is 4.86. The molecular formula is C11H12O2S. The Bertz CT molecular complexity index is 306. The van der Waals surface area contributed by atoms with Crippen LogP contribution in [0.5, 0.6) is 0 Å². The summed E-state index contributed by atoms with van der Waals surface area (Å²) in [6.07, 6.45) is 3.24. The van der Waals surface area contributed by atoms with Crippen LogP contribution < -0.4 is 0 Å². The average Bonchev–Trinajstić information content (AvgIpc) is 2.25. The lowest BCUT2D eigenvalue weighted by Crippen LogP contribution is -1.93. The van der Waals surface area contributed by atoms with Crippen LogP contribution in [0.3, 0.4) is 0 Å². The summed E-state index contributed by atoms with van der Waals surface area (Å²) in [5.74, 6) is 0.470. The van der Waals surface area contributed by atoms with Gasteiger partial charge >= 0.3 is 5.97 Å². The molecule has 0 unspecified atom stereocenters. The number of carbonyl (C=O) groups is 1. The van der Waals surface area contributed by atoms with Gasteiger partial charge in [-0.25, -0.2) is 4.79 Å². The number of benzene rings is 1. The monoisotopic (exact) mass is 208 g/mol. The molecular weight excluding hydrogens is 196 g/mol. The Morgan fingerprint density at radius 2 is 2.14 bits per heavy atom. The Balaban J connectivity index is 2.29. The third-order valence-corrected chi connectivity index (χ3v) is 2.51. The fourth-order valence-electron chi connectivity index (χ4n) is 0.873. The number of hydrogen-bond donors (Lipinski definition) is 0. The fraction of sp³-hybridized carbons (Fsp3) is 0.182. The van der Waals surface area contributed by atoms with Gasteiger partial charge in [-0.1, -0.05) is 24.3 Å². The van der Waals surface area contributed by atoms with E-state index in [0.717, 1.165) is 5.75 Å². The summed E-state index contributed by atoms with van der Waals surface area (Å²) in [5, 5.41) is 0. The van der Waals surface area contributed by atoms with E-state index in [2.05, 4.69) is 4.74 Å². The van der Waals surface area contributed by atoms with E-state index >= 15 is 0 Å². The zero-order chi connectivity index (χ0) is 10.2. The number of thioether (sulfide) groups is 1. The molecule has 0 amide bonds. The van der Waals surface area contributed by atoms with Crippen molar-refractivity contribution in [3.05, 3.63) is 42.5 Å². The predicted molar refractivity (Wildman–Crippen MR) is 58.3 cm³/mol. The molecule has 0 spiro atoms. The molecule has 0 bridgehead atoms. The van der Waals surface area contributed by atoms with Gasteiger partial charge < -0.3 is 4.74 Å². The molecule has 0 aromatic heterocycles. The number of rotatable bonds is 4. The van der Waals surface area contributed by atoms with E-state index in [1.807, 2.05) is 30.3 Å². The first kappa shape index (κ1) is 10.9. The van der Waals surface area contributed by atoms with Crippen molar-refractivity contribution in [1.29, 1.82) is 0 Å². The van der Waals surface area contributed by atoms with Crippen molar-refractivity contribution in [2.24, 2.45) is 0 Å². The molecule has 14 heavy (non-hydrogen) atoms. The minimum absolute atomic E-state index is 0.307. The molecule has 1 aromatic carbocycles. The average molecular weight is 208 g/mol. The molecule has 0 saturated carbocycles.